The van der Waals surface area contributed by atoms with E-state index in [0.717, 1.165) is 50.4 Å². The summed E-state index contributed by atoms with van der Waals surface area (Å²) in [5.74, 6) is 3.26. The number of imidazole rings is 1. The van der Waals surface area contributed by atoms with Crippen LogP contribution in [-0.4, -0.2) is 40.7 Å². The van der Waals surface area contributed by atoms with Crippen molar-refractivity contribution in [3.05, 3.63) is 48.8 Å². The maximum absolute atomic E-state index is 6.21. The minimum atomic E-state index is 0.618. The number of nitrogens with one attached hydrogen (secondary N) is 1. The Hall–Kier alpha value is -2.73. The lowest BCUT2D eigenvalue weighted by Gasteiger charge is -2.15. The zero-order chi connectivity index (χ0) is 17.9. The first-order chi connectivity index (χ1) is 12.8. The lowest BCUT2D eigenvalue weighted by atomic mass is 10.0. The molecule has 26 heavy (non-hydrogen) atoms. The molecule has 0 saturated heterocycles. The van der Waals surface area contributed by atoms with Gasteiger partial charge < -0.3 is 14.5 Å². The number of rotatable bonds is 6. The van der Waals surface area contributed by atoms with E-state index in [2.05, 4.69) is 28.4 Å². The number of pyridine rings is 1. The Balaban J connectivity index is 1.93. The van der Waals surface area contributed by atoms with Crippen LogP contribution in [0.5, 0.6) is 11.5 Å². The molecule has 6 heteroatoms. The van der Waals surface area contributed by atoms with E-state index >= 15 is 0 Å². The molecule has 0 aliphatic heterocycles. The third kappa shape index (κ3) is 2.97. The second kappa shape index (κ2) is 7.25. The van der Waals surface area contributed by atoms with Crippen LogP contribution in [0.4, 0.5) is 0 Å². The lowest BCUT2D eigenvalue weighted by molar-refractivity contribution is 0.347. The number of methoxy groups -OCH3 is 1. The van der Waals surface area contributed by atoms with Gasteiger partial charge in [-0.3, -0.25) is 4.98 Å². The van der Waals surface area contributed by atoms with Gasteiger partial charge in [-0.05, 0) is 29.8 Å². The average molecular weight is 365 g/mol. The molecule has 132 valence electrons. The quantitative estimate of drug-likeness (QED) is 0.509. The predicted octanol–water partition coefficient (Wildman–Crippen LogP) is 4.53. The number of aromatic amines is 1. The minimum Gasteiger partial charge on any atom is -0.496 e. The molecule has 4 rings (SSSR count). The number of benzene rings is 2. The van der Waals surface area contributed by atoms with Crippen molar-refractivity contribution in [1.29, 1.82) is 0 Å². The molecule has 0 atom stereocenters. The Labute approximate surface area is 155 Å². The molecule has 0 amide bonds. The highest BCUT2D eigenvalue weighted by Gasteiger charge is 2.17. The van der Waals surface area contributed by atoms with Crippen molar-refractivity contribution in [2.24, 2.45) is 0 Å². The van der Waals surface area contributed by atoms with E-state index in [1.165, 1.54) is 0 Å². The second-order valence-corrected chi connectivity index (χ2v) is 6.81. The van der Waals surface area contributed by atoms with E-state index in [1.54, 1.807) is 31.3 Å². The zero-order valence-corrected chi connectivity index (χ0v) is 15.5. The highest BCUT2D eigenvalue weighted by Crippen LogP contribution is 2.41. The summed E-state index contributed by atoms with van der Waals surface area (Å²) in [6.45, 7) is 0.618. The van der Waals surface area contributed by atoms with Crippen LogP contribution in [0.2, 0.25) is 0 Å². The normalized spacial score (nSPS) is 11.2. The fraction of sp³-hybridized carbons (Fsp3) is 0.200. The Bertz CT molecular complexity index is 1030. The summed E-state index contributed by atoms with van der Waals surface area (Å²) in [6.07, 6.45) is 5.59. The molecule has 4 aromatic rings. The Morgan fingerprint density at radius 1 is 1.15 bits per heavy atom. The van der Waals surface area contributed by atoms with E-state index in [9.17, 15) is 0 Å². The first kappa shape index (κ1) is 16.7. The number of H-pyrrole nitrogens is 1. The number of aromatic nitrogens is 3. The summed E-state index contributed by atoms with van der Waals surface area (Å²) < 4.78 is 11.8. The Kier molecular flexibility index (Phi) is 4.67. The van der Waals surface area contributed by atoms with E-state index in [-0.39, 0.29) is 0 Å². The molecule has 0 aliphatic carbocycles. The lowest BCUT2D eigenvalue weighted by Crippen LogP contribution is -2.03. The molecule has 2 aromatic carbocycles. The zero-order valence-electron chi connectivity index (χ0n) is 14.7. The van der Waals surface area contributed by atoms with Gasteiger partial charge in [0.1, 0.15) is 17.3 Å². The largest absolute Gasteiger partial charge is 0.496 e. The molecule has 1 N–H and O–H groups in total. The van der Waals surface area contributed by atoms with Crippen LogP contribution in [0.1, 0.15) is 0 Å². The van der Waals surface area contributed by atoms with Crippen LogP contribution < -0.4 is 9.47 Å². The number of nitrogens with zero attached hydrogens (tertiary/aromatic N) is 2. The van der Waals surface area contributed by atoms with Gasteiger partial charge in [0.05, 0.1) is 41.9 Å². The monoisotopic (exact) mass is 365 g/mol. The van der Waals surface area contributed by atoms with Crippen LogP contribution in [0, 0.1) is 0 Å². The van der Waals surface area contributed by atoms with Gasteiger partial charge in [0.2, 0.25) is 0 Å². The maximum Gasteiger partial charge on any atom is 0.142 e. The maximum atomic E-state index is 6.21. The number of thioether (sulfide) groups is 1. The summed E-state index contributed by atoms with van der Waals surface area (Å²) >= 11 is 1.75. The van der Waals surface area contributed by atoms with Gasteiger partial charge in [-0.1, -0.05) is 18.2 Å². The highest BCUT2D eigenvalue weighted by molar-refractivity contribution is 7.98. The van der Waals surface area contributed by atoms with Crippen molar-refractivity contribution in [3.8, 4) is 22.9 Å². The molecular weight excluding hydrogens is 346 g/mol. The second-order valence-electron chi connectivity index (χ2n) is 5.82. The van der Waals surface area contributed by atoms with Crippen molar-refractivity contribution in [2.45, 2.75) is 0 Å². The SMILES string of the molecule is COc1cccc2ccc(-c3nc4ccncc4[nH]3)c(OCCSC)c12. The van der Waals surface area contributed by atoms with Crippen LogP contribution in [0.25, 0.3) is 33.2 Å². The first-order valence-electron chi connectivity index (χ1n) is 8.33. The molecule has 0 bridgehead atoms. The summed E-state index contributed by atoms with van der Waals surface area (Å²) in [7, 11) is 1.68. The fourth-order valence-corrected chi connectivity index (χ4v) is 3.28. The minimum absolute atomic E-state index is 0.618. The van der Waals surface area contributed by atoms with E-state index in [0.29, 0.717) is 6.61 Å². The van der Waals surface area contributed by atoms with Crippen LogP contribution in [-0.2, 0) is 0 Å². The van der Waals surface area contributed by atoms with Gasteiger partial charge in [-0.25, -0.2) is 4.98 Å². The first-order valence-corrected chi connectivity index (χ1v) is 9.72. The van der Waals surface area contributed by atoms with Gasteiger partial charge >= 0.3 is 0 Å². The standard InChI is InChI=1S/C20H19N3O2S/c1-24-17-5-3-4-13-6-7-14(19(18(13)17)25-10-11-26-2)20-22-15-8-9-21-12-16(15)23-20/h3-9,12H,10-11H2,1-2H3,(H,22,23). The molecule has 2 aromatic heterocycles. The molecular formula is C20H19N3O2S. The van der Waals surface area contributed by atoms with E-state index < -0.39 is 0 Å². The van der Waals surface area contributed by atoms with E-state index in [1.807, 2.05) is 24.3 Å². The van der Waals surface area contributed by atoms with E-state index in [4.69, 9.17) is 14.5 Å². The van der Waals surface area contributed by atoms with Gasteiger partial charge in [-0.2, -0.15) is 11.8 Å². The molecule has 0 unspecified atom stereocenters. The van der Waals surface area contributed by atoms with Crippen molar-refractivity contribution in [1.82, 2.24) is 15.0 Å². The topological polar surface area (TPSA) is 60.0 Å². The van der Waals surface area contributed by atoms with Gasteiger partial charge in [0, 0.05) is 11.9 Å². The van der Waals surface area contributed by atoms with Crippen LogP contribution in [0.3, 0.4) is 0 Å². The number of ether oxygens (including phenoxy) is 2. The van der Waals surface area contributed by atoms with Crippen molar-refractivity contribution < 1.29 is 9.47 Å². The number of fused-ring (bicyclic) bond motifs is 2. The third-order valence-electron chi connectivity index (χ3n) is 4.25. The van der Waals surface area contributed by atoms with Gasteiger partial charge in [0.15, 0.2) is 0 Å². The molecule has 2 heterocycles. The van der Waals surface area contributed by atoms with Gasteiger partial charge in [0.25, 0.3) is 0 Å². The third-order valence-corrected chi connectivity index (χ3v) is 4.83. The fourth-order valence-electron chi connectivity index (χ4n) is 3.03. The number of hydrogen-bond donors (Lipinski definition) is 1. The molecule has 5 nitrogen and oxygen atoms in total. The van der Waals surface area contributed by atoms with Crippen LogP contribution >= 0.6 is 11.8 Å². The molecule has 0 saturated carbocycles. The summed E-state index contributed by atoms with van der Waals surface area (Å²) in [4.78, 5) is 12.2. The van der Waals surface area contributed by atoms with Gasteiger partial charge in [-0.15, -0.1) is 0 Å². The van der Waals surface area contributed by atoms with Crippen LogP contribution in [0.15, 0.2) is 48.8 Å². The highest BCUT2D eigenvalue weighted by atomic mass is 32.2. The predicted molar refractivity (Wildman–Crippen MR) is 107 cm³/mol. The smallest absolute Gasteiger partial charge is 0.142 e. The average Bonchev–Trinajstić information content (AvgIpc) is 3.11. The molecule has 0 aliphatic rings. The number of hydrogen-bond acceptors (Lipinski definition) is 5. The Morgan fingerprint density at radius 2 is 2.08 bits per heavy atom. The van der Waals surface area contributed by atoms with Crippen molar-refractivity contribution in [2.75, 3.05) is 25.7 Å². The Morgan fingerprint density at radius 3 is 2.88 bits per heavy atom. The van der Waals surface area contributed by atoms with Crippen molar-refractivity contribution >= 4 is 33.6 Å². The summed E-state index contributed by atoms with van der Waals surface area (Å²) in [5.41, 5.74) is 2.70. The molecule has 0 radical (unpaired) electrons. The van der Waals surface area contributed by atoms with Crippen molar-refractivity contribution in [3.63, 3.8) is 0 Å². The summed E-state index contributed by atoms with van der Waals surface area (Å²) in [6, 6.07) is 12.0. The molecule has 0 fully saturated rings. The summed E-state index contributed by atoms with van der Waals surface area (Å²) in [5, 5.41) is 2.04. The molecule has 0 spiro atoms.